The maximum absolute atomic E-state index is 12.5. The van der Waals surface area contributed by atoms with Crippen LogP contribution < -0.4 is 10.6 Å². The molecule has 0 aliphatic carbocycles. The predicted octanol–water partition coefficient (Wildman–Crippen LogP) is 2.34. The Hall–Kier alpha value is -2.24. The Kier molecular flexibility index (Phi) is 6.01. The van der Waals surface area contributed by atoms with Gasteiger partial charge >= 0.3 is 0 Å². The van der Waals surface area contributed by atoms with Gasteiger partial charge in [0.15, 0.2) is 0 Å². The first-order chi connectivity index (χ1) is 12.5. The van der Waals surface area contributed by atoms with Crippen LogP contribution in [0.15, 0.2) is 30.3 Å². The van der Waals surface area contributed by atoms with Crippen molar-refractivity contribution in [2.45, 2.75) is 33.9 Å². The summed E-state index contributed by atoms with van der Waals surface area (Å²) in [5, 5.41) is 6.39. The van der Waals surface area contributed by atoms with Crippen molar-refractivity contribution in [2.75, 3.05) is 26.2 Å². The number of nitrogens with one attached hydrogen (secondary N) is 2. The van der Waals surface area contributed by atoms with Crippen molar-refractivity contribution in [3.63, 3.8) is 0 Å². The highest BCUT2D eigenvalue weighted by Gasteiger charge is 2.14. The summed E-state index contributed by atoms with van der Waals surface area (Å²) in [6, 6.07) is 10.5. The molecule has 0 saturated carbocycles. The number of aryl methyl sites for hydroxylation is 3. The van der Waals surface area contributed by atoms with Crippen LogP contribution in [-0.2, 0) is 13.1 Å². The molecule has 5 heteroatoms. The van der Waals surface area contributed by atoms with E-state index in [1.54, 1.807) is 0 Å². The second-order valence-electron chi connectivity index (χ2n) is 7.07. The zero-order valence-electron chi connectivity index (χ0n) is 15.9. The van der Waals surface area contributed by atoms with Gasteiger partial charge in [-0.05, 0) is 43.5 Å². The first-order valence-electron chi connectivity index (χ1n) is 9.27. The Balaban J connectivity index is 1.57. The van der Waals surface area contributed by atoms with Crippen LogP contribution in [-0.4, -0.2) is 42.0 Å². The highest BCUT2D eigenvalue weighted by molar-refractivity contribution is 5.96. The molecule has 1 fully saturated rings. The van der Waals surface area contributed by atoms with Crippen molar-refractivity contribution < 1.29 is 4.79 Å². The van der Waals surface area contributed by atoms with Gasteiger partial charge < -0.3 is 10.6 Å². The molecule has 2 heterocycles. The summed E-state index contributed by atoms with van der Waals surface area (Å²) >= 11 is 0. The summed E-state index contributed by atoms with van der Waals surface area (Å²) in [5.41, 5.74) is 5.81. The fraction of sp³-hybridized carbons (Fsp3) is 0.429. The SMILES string of the molecule is Cc1cc(C)c(C(=O)NCc2ccc(CN3CCNCC3)cc2)c(C)n1. The molecule has 1 aliphatic rings. The van der Waals surface area contributed by atoms with Crippen LogP contribution in [0.4, 0.5) is 0 Å². The van der Waals surface area contributed by atoms with E-state index in [0.29, 0.717) is 12.1 Å². The molecule has 0 spiro atoms. The molecule has 0 radical (unpaired) electrons. The molecule has 2 aromatic rings. The molecule has 3 rings (SSSR count). The summed E-state index contributed by atoms with van der Waals surface area (Å²) in [6.07, 6.45) is 0. The minimum Gasteiger partial charge on any atom is -0.348 e. The maximum Gasteiger partial charge on any atom is 0.253 e. The quantitative estimate of drug-likeness (QED) is 0.867. The molecule has 1 aromatic carbocycles. The lowest BCUT2D eigenvalue weighted by atomic mass is 10.1. The lowest BCUT2D eigenvalue weighted by molar-refractivity contribution is 0.0949. The lowest BCUT2D eigenvalue weighted by Crippen LogP contribution is -2.42. The molecular formula is C21H28N4O. The van der Waals surface area contributed by atoms with Crippen molar-refractivity contribution in [2.24, 2.45) is 0 Å². The Morgan fingerprint density at radius 2 is 1.77 bits per heavy atom. The number of amides is 1. The molecule has 26 heavy (non-hydrogen) atoms. The Morgan fingerprint density at radius 3 is 2.42 bits per heavy atom. The molecule has 2 N–H and O–H groups in total. The molecule has 0 atom stereocenters. The van der Waals surface area contributed by atoms with Gasteiger partial charge in [0, 0.05) is 45.0 Å². The molecule has 1 amide bonds. The highest BCUT2D eigenvalue weighted by Crippen LogP contribution is 2.14. The van der Waals surface area contributed by atoms with Crippen LogP contribution in [0.5, 0.6) is 0 Å². The van der Waals surface area contributed by atoms with Crippen LogP contribution >= 0.6 is 0 Å². The van der Waals surface area contributed by atoms with Gasteiger partial charge in [0.1, 0.15) is 0 Å². The van der Waals surface area contributed by atoms with Crippen molar-refractivity contribution in [3.05, 3.63) is 64.0 Å². The molecule has 1 aromatic heterocycles. The topological polar surface area (TPSA) is 57.3 Å². The third-order valence-corrected chi connectivity index (χ3v) is 4.84. The highest BCUT2D eigenvalue weighted by atomic mass is 16.1. The largest absolute Gasteiger partial charge is 0.348 e. The molecule has 1 aliphatic heterocycles. The van der Waals surface area contributed by atoms with Crippen LogP contribution in [0.2, 0.25) is 0 Å². The second kappa shape index (κ2) is 8.43. The van der Waals surface area contributed by atoms with E-state index in [9.17, 15) is 4.79 Å². The monoisotopic (exact) mass is 352 g/mol. The van der Waals surface area contributed by atoms with E-state index in [1.807, 2.05) is 26.8 Å². The predicted molar refractivity (Wildman–Crippen MR) is 104 cm³/mol. The number of pyridine rings is 1. The first kappa shape index (κ1) is 18.5. The molecule has 0 unspecified atom stereocenters. The molecular weight excluding hydrogens is 324 g/mol. The smallest absolute Gasteiger partial charge is 0.253 e. The Morgan fingerprint density at radius 1 is 1.12 bits per heavy atom. The van der Waals surface area contributed by atoms with Gasteiger partial charge in [0.25, 0.3) is 5.91 Å². The van der Waals surface area contributed by atoms with E-state index in [1.165, 1.54) is 5.56 Å². The number of aromatic nitrogens is 1. The fourth-order valence-corrected chi connectivity index (χ4v) is 3.53. The number of rotatable bonds is 5. The van der Waals surface area contributed by atoms with E-state index in [4.69, 9.17) is 0 Å². The Labute approximate surface area is 155 Å². The average molecular weight is 352 g/mol. The average Bonchev–Trinajstić information content (AvgIpc) is 2.61. The molecule has 0 bridgehead atoms. The van der Waals surface area contributed by atoms with Crippen LogP contribution in [0, 0.1) is 20.8 Å². The number of hydrogen-bond donors (Lipinski definition) is 2. The van der Waals surface area contributed by atoms with E-state index in [-0.39, 0.29) is 5.91 Å². The standard InChI is InChI=1S/C21H28N4O/c1-15-12-16(2)24-17(3)20(15)21(26)23-13-18-4-6-19(7-5-18)14-25-10-8-22-9-11-25/h4-7,12,22H,8-11,13-14H2,1-3H3,(H,23,26). The number of piperazine rings is 1. The van der Waals surface area contributed by atoms with Crippen molar-refractivity contribution in [1.29, 1.82) is 0 Å². The number of nitrogens with zero attached hydrogens (tertiary/aromatic N) is 2. The number of carbonyl (C=O) groups is 1. The summed E-state index contributed by atoms with van der Waals surface area (Å²) in [5.74, 6) is -0.0580. The van der Waals surface area contributed by atoms with Gasteiger partial charge in [-0.25, -0.2) is 0 Å². The van der Waals surface area contributed by atoms with Gasteiger partial charge in [-0.3, -0.25) is 14.7 Å². The number of hydrogen-bond acceptors (Lipinski definition) is 4. The van der Waals surface area contributed by atoms with Crippen LogP contribution in [0.25, 0.3) is 0 Å². The summed E-state index contributed by atoms with van der Waals surface area (Å²) in [7, 11) is 0. The first-order valence-corrected chi connectivity index (χ1v) is 9.27. The van der Waals surface area contributed by atoms with Crippen LogP contribution in [0.3, 0.4) is 0 Å². The third kappa shape index (κ3) is 4.68. The van der Waals surface area contributed by atoms with Crippen LogP contribution in [0.1, 0.15) is 38.4 Å². The summed E-state index contributed by atoms with van der Waals surface area (Å²) in [6.45, 7) is 11.6. The zero-order valence-corrected chi connectivity index (χ0v) is 15.9. The number of benzene rings is 1. The van der Waals surface area contributed by atoms with Crippen molar-refractivity contribution in [3.8, 4) is 0 Å². The van der Waals surface area contributed by atoms with Crippen molar-refractivity contribution in [1.82, 2.24) is 20.5 Å². The second-order valence-corrected chi connectivity index (χ2v) is 7.07. The van der Waals surface area contributed by atoms with E-state index < -0.39 is 0 Å². The van der Waals surface area contributed by atoms with E-state index in [0.717, 1.165) is 55.2 Å². The van der Waals surface area contributed by atoms with Gasteiger partial charge in [0.2, 0.25) is 0 Å². The third-order valence-electron chi connectivity index (χ3n) is 4.84. The van der Waals surface area contributed by atoms with Crippen molar-refractivity contribution >= 4 is 5.91 Å². The molecule has 5 nitrogen and oxygen atoms in total. The lowest BCUT2D eigenvalue weighted by Gasteiger charge is -2.27. The Bertz CT molecular complexity index is 741. The minimum absolute atomic E-state index is 0.0580. The fourth-order valence-electron chi connectivity index (χ4n) is 3.53. The summed E-state index contributed by atoms with van der Waals surface area (Å²) < 4.78 is 0. The van der Waals surface area contributed by atoms with Gasteiger partial charge in [0.05, 0.1) is 11.3 Å². The van der Waals surface area contributed by atoms with E-state index in [2.05, 4.69) is 44.8 Å². The molecule has 138 valence electrons. The van der Waals surface area contributed by atoms with E-state index >= 15 is 0 Å². The van der Waals surface area contributed by atoms with Gasteiger partial charge in [-0.15, -0.1) is 0 Å². The minimum atomic E-state index is -0.0580. The van der Waals surface area contributed by atoms with Gasteiger partial charge in [-0.2, -0.15) is 0 Å². The zero-order chi connectivity index (χ0) is 18.5. The van der Waals surface area contributed by atoms with Gasteiger partial charge in [-0.1, -0.05) is 24.3 Å². The number of carbonyl (C=O) groups excluding carboxylic acids is 1. The maximum atomic E-state index is 12.5. The molecule has 1 saturated heterocycles. The normalized spacial score (nSPS) is 15.0. The summed E-state index contributed by atoms with van der Waals surface area (Å²) in [4.78, 5) is 19.4.